The van der Waals surface area contributed by atoms with Crippen LogP contribution in [0.3, 0.4) is 0 Å². The summed E-state index contributed by atoms with van der Waals surface area (Å²) in [6.07, 6.45) is 8.54. The summed E-state index contributed by atoms with van der Waals surface area (Å²) in [7, 11) is 0. The highest BCUT2D eigenvalue weighted by atomic mass is 13.7. The molecule has 0 spiro atoms. The molecule has 0 aromatic carbocycles. The molecule has 90 valence electrons. The monoisotopic (exact) mass is 210 g/mol. The van der Waals surface area contributed by atoms with E-state index in [-0.39, 0.29) is 0 Å². The van der Waals surface area contributed by atoms with Crippen molar-refractivity contribution >= 4 is 0 Å². The van der Waals surface area contributed by atoms with Gasteiger partial charge in [-0.2, -0.15) is 0 Å². The lowest BCUT2D eigenvalue weighted by atomic mass is 10.3. The topological polar surface area (TPSA) is 0 Å². The Kier molecular flexibility index (Phi) is 24.9. The Morgan fingerprint density at radius 1 is 1.07 bits per heavy atom. The van der Waals surface area contributed by atoms with Gasteiger partial charge in [0.2, 0.25) is 0 Å². The second-order valence-corrected chi connectivity index (χ2v) is 3.65. The highest BCUT2D eigenvalue weighted by molar-refractivity contribution is 4.88. The summed E-state index contributed by atoms with van der Waals surface area (Å²) in [4.78, 5) is 0. The zero-order chi connectivity index (χ0) is 12.7. The summed E-state index contributed by atoms with van der Waals surface area (Å²) in [5.74, 6) is 0. The molecule has 0 aliphatic heterocycles. The van der Waals surface area contributed by atoms with E-state index in [0.29, 0.717) is 0 Å². The molecular weight excluding hydrogens is 180 g/mol. The number of allylic oxidation sites excluding steroid dienone is 5. The van der Waals surface area contributed by atoms with E-state index in [4.69, 9.17) is 0 Å². The van der Waals surface area contributed by atoms with Crippen LogP contribution in [0.25, 0.3) is 0 Å². The molecule has 15 heavy (non-hydrogen) atoms. The van der Waals surface area contributed by atoms with Crippen LogP contribution in [0.15, 0.2) is 36.0 Å². The predicted octanol–water partition coefficient (Wildman–Crippen LogP) is 5.92. The molecule has 0 bridgehead atoms. The Morgan fingerprint density at radius 3 is 1.40 bits per heavy atom. The lowest BCUT2D eigenvalue weighted by Crippen LogP contribution is -1.58. The first kappa shape index (κ1) is 19.7. The molecule has 0 saturated carbocycles. The second-order valence-electron chi connectivity index (χ2n) is 3.65. The van der Waals surface area contributed by atoms with Crippen molar-refractivity contribution in [1.82, 2.24) is 0 Å². The van der Waals surface area contributed by atoms with Crippen LogP contribution in [0, 0.1) is 0 Å². The van der Waals surface area contributed by atoms with Crippen molar-refractivity contribution in [2.45, 2.75) is 61.3 Å². The average Bonchev–Trinajstić information content (AvgIpc) is 2.20. The molecule has 0 unspecified atom stereocenters. The minimum absolute atomic E-state index is 1.11. The number of rotatable bonds is 2. The van der Waals surface area contributed by atoms with Gasteiger partial charge in [0.1, 0.15) is 0 Å². The van der Waals surface area contributed by atoms with Gasteiger partial charge in [-0.25, -0.2) is 0 Å². The third-order valence-corrected chi connectivity index (χ3v) is 1.65. The lowest BCUT2D eigenvalue weighted by Gasteiger charge is -1.79. The van der Waals surface area contributed by atoms with E-state index < -0.39 is 0 Å². The van der Waals surface area contributed by atoms with Gasteiger partial charge in [-0.3, -0.25) is 0 Å². The molecule has 0 fully saturated rings. The number of hydrogen-bond acceptors (Lipinski definition) is 0. The fourth-order valence-corrected chi connectivity index (χ4v) is 0.236. The van der Waals surface area contributed by atoms with Crippen molar-refractivity contribution in [1.29, 1.82) is 0 Å². The minimum atomic E-state index is 1.11. The van der Waals surface area contributed by atoms with Crippen molar-refractivity contribution in [2.24, 2.45) is 0 Å². The van der Waals surface area contributed by atoms with E-state index in [1.54, 1.807) is 0 Å². The third-order valence-electron chi connectivity index (χ3n) is 1.65. The largest absolute Gasteiger partial charge is 0.100 e. The normalized spacial score (nSPS) is 8.20. The lowest BCUT2D eigenvalue weighted by molar-refractivity contribution is 1.11. The standard InChI is InChI=1S/3C5H10/c2*1-4-5(2)3;1-3-5-4-2/h4H,1-3H3;2,4H2,1,3H3;3,5H,4H2,1-2H3. The van der Waals surface area contributed by atoms with Crippen molar-refractivity contribution < 1.29 is 0 Å². The minimum Gasteiger partial charge on any atom is -0.100 e. The molecule has 0 nitrogen and oxygen atoms in total. The molecule has 0 aromatic heterocycles. The van der Waals surface area contributed by atoms with Crippen molar-refractivity contribution in [3.05, 3.63) is 36.0 Å². The Hall–Kier alpha value is -0.780. The van der Waals surface area contributed by atoms with E-state index in [2.05, 4.69) is 52.5 Å². The molecule has 0 N–H and O–H groups in total. The molecular formula is C15H30. The van der Waals surface area contributed by atoms with Gasteiger partial charge in [0, 0.05) is 0 Å². The van der Waals surface area contributed by atoms with Crippen LogP contribution in [0.4, 0.5) is 0 Å². The Bertz CT molecular complexity index is 166. The SMILES string of the molecule is C=C(C)CC.CC=C(C)C.CC=CCC. The molecule has 0 rings (SSSR count). The first-order valence-electron chi connectivity index (χ1n) is 5.81. The summed E-state index contributed by atoms with van der Waals surface area (Å²) >= 11 is 0. The van der Waals surface area contributed by atoms with Gasteiger partial charge < -0.3 is 0 Å². The molecule has 0 heteroatoms. The van der Waals surface area contributed by atoms with Gasteiger partial charge in [0.25, 0.3) is 0 Å². The third kappa shape index (κ3) is 61.1. The highest BCUT2D eigenvalue weighted by Crippen LogP contribution is 1.88. The molecule has 0 aliphatic rings. The Morgan fingerprint density at radius 2 is 1.40 bits per heavy atom. The van der Waals surface area contributed by atoms with E-state index in [1.807, 2.05) is 20.8 Å². The van der Waals surface area contributed by atoms with Crippen LogP contribution in [0.5, 0.6) is 0 Å². The first-order valence-corrected chi connectivity index (χ1v) is 5.81. The fourth-order valence-electron chi connectivity index (χ4n) is 0.236. The van der Waals surface area contributed by atoms with Gasteiger partial charge in [0.15, 0.2) is 0 Å². The first-order chi connectivity index (χ1) is 6.95. The Balaban J connectivity index is -0.000000144. The van der Waals surface area contributed by atoms with Gasteiger partial charge in [-0.05, 0) is 47.5 Å². The van der Waals surface area contributed by atoms with Crippen molar-refractivity contribution in [3.8, 4) is 0 Å². The van der Waals surface area contributed by atoms with E-state index >= 15 is 0 Å². The predicted molar refractivity (Wildman–Crippen MR) is 75.3 cm³/mol. The molecule has 0 amide bonds. The second kappa shape index (κ2) is 18.9. The van der Waals surface area contributed by atoms with Crippen LogP contribution < -0.4 is 0 Å². The molecule has 0 heterocycles. The van der Waals surface area contributed by atoms with Crippen molar-refractivity contribution in [2.75, 3.05) is 0 Å². The summed E-state index contributed by atoms with van der Waals surface area (Å²) in [6, 6.07) is 0. The zero-order valence-corrected chi connectivity index (χ0v) is 11.9. The van der Waals surface area contributed by atoms with Gasteiger partial charge >= 0.3 is 0 Å². The smallest absolute Gasteiger partial charge is 0.0354 e. The summed E-state index contributed by atoms with van der Waals surface area (Å²) in [5, 5.41) is 0. The van der Waals surface area contributed by atoms with Gasteiger partial charge in [-0.1, -0.05) is 43.2 Å². The molecule has 0 atom stereocenters. The van der Waals surface area contributed by atoms with Crippen LogP contribution in [-0.4, -0.2) is 0 Å². The molecule has 0 radical (unpaired) electrons. The van der Waals surface area contributed by atoms with E-state index in [1.165, 1.54) is 11.1 Å². The van der Waals surface area contributed by atoms with E-state index in [9.17, 15) is 0 Å². The van der Waals surface area contributed by atoms with Crippen molar-refractivity contribution in [3.63, 3.8) is 0 Å². The van der Waals surface area contributed by atoms with E-state index in [0.717, 1.165) is 12.8 Å². The summed E-state index contributed by atoms with van der Waals surface area (Å²) in [6.45, 7) is 18.2. The zero-order valence-electron chi connectivity index (χ0n) is 11.9. The maximum Gasteiger partial charge on any atom is -0.0354 e. The van der Waals surface area contributed by atoms with Crippen LogP contribution in [-0.2, 0) is 0 Å². The molecule has 0 saturated heterocycles. The molecule has 0 aliphatic carbocycles. The maximum absolute atomic E-state index is 3.67. The van der Waals surface area contributed by atoms with Crippen LogP contribution in [0.1, 0.15) is 61.3 Å². The van der Waals surface area contributed by atoms with Gasteiger partial charge in [0.05, 0.1) is 0 Å². The van der Waals surface area contributed by atoms with Crippen LogP contribution >= 0.6 is 0 Å². The fraction of sp³-hybridized carbons (Fsp3) is 0.600. The van der Waals surface area contributed by atoms with Gasteiger partial charge in [-0.15, -0.1) is 6.58 Å². The summed E-state index contributed by atoms with van der Waals surface area (Å²) in [5.41, 5.74) is 2.63. The number of hydrogen-bond donors (Lipinski definition) is 0. The summed E-state index contributed by atoms with van der Waals surface area (Å²) < 4.78 is 0. The Labute approximate surface area is 97.8 Å². The molecule has 0 aromatic rings. The van der Waals surface area contributed by atoms with Crippen LogP contribution in [0.2, 0.25) is 0 Å². The average molecular weight is 210 g/mol. The maximum atomic E-state index is 3.67. The quantitative estimate of drug-likeness (QED) is 0.496. The highest BCUT2D eigenvalue weighted by Gasteiger charge is 1.67.